The number of rotatable bonds is 5. The van der Waals surface area contributed by atoms with Gasteiger partial charge < -0.3 is 10.4 Å². The molecule has 1 heterocycles. The monoisotopic (exact) mass is 303 g/mol. The van der Waals surface area contributed by atoms with Gasteiger partial charge in [0.2, 0.25) is 0 Å². The Morgan fingerprint density at radius 1 is 1.32 bits per heavy atom. The lowest BCUT2D eigenvalue weighted by atomic mass is 9.99. The Balaban J connectivity index is 2.40. The molecule has 7 nitrogen and oxygen atoms in total. The van der Waals surface area contributed by atoms with Crippen LogP contribution >= 0.6 is 0 Å². The van der Waals surface area contributed by atoms with Crippen LogP contribution in [0, 0.1) is 5.92 Å². The summed E-state index contributed by atoms with van der Waals surface area (Å²) in [5.41, 5.74) is -0.395. The first-order chi connectivity index (χ1) is 10.5. The van der Waals surface area contributed by atoms with Crippen LogP contribution in [0.15, 0.2) is 29.1 Å². The van der Waals surface area contributed by atoms with Gasteiger partial charge in [-0.05, 0) is 12.0 Å². The number of carboxylic acids is 1. The Morgan fingerprint density at radius 2 is 1.95 bits per heavy atom. The molecule has 0 aliphatic heterocycles. The molecule has 1 aromatic heterocycles. The third-order valence-electron chi connectivity index (χ3n) is 3.68. The fraction of sp³-hybridized carbons (Fsp3) is 0.333. The molecule has 0 saturated heterocycles. The van der Waals surface area contributed by atoms with Crippen molar-refractivity contribution >= 4 is 22.6 Å². The summed E-state index contributed by atoms with van der Waals surface area (Å²) >= 11 is 0. The van der Waals surface area contributed by atoms with Crippen LogP contribution < -0.4 is 10.9 Å². The van der Waals surface area contributed by atoms with Gasteiger partial charge in [-0.1, -0.05) is 38.5 Å². The van der Waals surface area contributed by atoms with Crippen molar-refractivity contribution in [1.29, 1.82) is 0 Å². The second kappa shape index (κ2) is 6.38. The van der Waals surface area contributed by atoms with E-state index >= 15 is 0 Å². The summed E-state index contributed by atoms with van der Waals surface area (Å²) in [5, 5.41) is 18.4. The van der Waals surface area contributed by atoms with Gasteiger partial charge in [-0.25, -0.2) is 9.89 Å². The number of hydrogen-bond acceptors (Lipinski definition) is 4. The number of nitrogens with one attached hydrogen (secondary N) is 2. The van der Waals surface area contributed by atoms with E-state index in [-0.39, 0.29) is 11.6 Å². The van der Waals surface area contributed by atoms with Crippen LogP contribution in [0.25, 0.3) is 10.8 Å². The number of aliphatic carboxylic acids is 1. The summed E-state index contributed by atoms with van der Waals surface area (Å²) in [4.78, 5) is 35.3. The average molecular weight is 303 g/mol. The lowest BCUT2D eigenvalue weighted by molar-refractivity contribution is -0.140. The fourth-order valence-electron chi connectivity index (χ4n) is 2.18. The summed E-state index contributed by atoms with van der Waals surface area (Å²) in [6, 6.07) is 5.54. The van der Waals surface area contributed by atoms with E-state index in [0.717, 1.165) is 0 Å². The molecule has 2 atom stereocenters. The SMILES string of the molecule is CC[C@H](C)[C@@H](NC(=O)c1n[nH]c(=O)c2ccccc12)C(=O)O. The van der Waals surface area contributed by atoms with Crippen LogP contribution in [-0.4, -0.2) is 33.2 Å². The number of carbonyl (C=O) groups is 2. The van der Waals surface area contributed by atoms with Gasteiger partial charge in [0.25, 0.3) is 11.5 Å². The number of benzene rings is 1. The quantitative estimate of drug-likeness (QED) is 0.767. The number of carboxylic acid groups (broad SMARTS) is 1. The van der Waals surface area contributed by atoms with Crippen LogP contribution in [0.3, 0.4) is 0 Å². The van der Waals surface area contributed by atoms with Gasteiger partial charge in [-0.3, -0.25) is 9.59 Å². The highest BCUT2D eigenvalue weighted by Crippen LogP contribution is 2.14. The van der Waals surface area contributed by atoms with Gasteiger partial charge in [-0.15, -0.1) is 0 Å². The molecule has 0 unspecified atom stereocenters. The number of amides is 1. The topological polar surface area (TPSA) is 112 Å². The van der Waals surface area contributed by atoms with E-state index in [1.54, 1.807) is 31.2 Å². The van der Waals surface area contributed by atoms with Gasteiger partial charge >= 0.3 is 5.97 Å². The highest BCUT2D eigenvalue weighted by atomic mass is 16.4. The van der Waals surface area contributed by atoms with Gasteiger partial charge in [0.1, 0.15) is 6.04 Å². The van der Waals surface area contributed by atoms with Gasteiger partial charge in [0.05, 0.1) is 5.39 Å². The largest absolute Gasteiger partial charge is 0.480 e. The highest BCUT2D eigenvalue weighted by molar-refractivity contribution is 6.05. The molecule has 116 valence electrons. The highest BCUT2D eigenvalue weighted by Gasteiger charge is 2.27. The molecule has 0 saturated carbocycles. The number of H-pyrrole nitrogens is 1. The summed E-state index contributed by atoms with van der Waals surface area (Å²) in [7, 11) is 0. The molecule has 0 spiro atoms. The molecule has 3 N–H and O–H groups in total. The lowest BCUT2D eigenvalue weighted by Crippen LogP contribution is -2.45. The smallest absolute Gasteiger partial charge is 0.326 e. The summed E-state index contributed by atoms with van der Waals surface area (Å²) < 4.78 is 0. The molecule has 2 rings (SSSR count). The summed E-state index contributed by atoms with van der Waals surface area (Å²) in [5.74, 6) is -1.95. The van der Waals surface area contributed by atoms with E-state index in [4.69, 9.17) is 0 Å². The van der Waals surface area contributed by atoms with E-state index in [1.807, 2.05) is 6.92 Å². The lowest BCUT2D eigenvalue weighted by Gasteiger charge is -2.20. The molecule has 0 fully saturated rings. The summed E-state index contributed by atoms with van der Waals surface area (Å²) in [6.07, 6.45) is 0.608. The van der Waals surface area contributed by atoms with Crippen molar-refractivity contribution in [2.24, 2.45) is 5.92 Å². The van der Waals surface area contributed by atoms with Crippen molar-refractivity contribution in [3.63, 3.8) is 0 Å². The van der Waals surface area contributed by atoms with Gasteiger partial charge in [0.15, 0.2) is 5.69 Å². The molecule has 2 aromatic rings. The maximum absolute atomic E-state index is 12.3. The van der Waals surface area contributed by atoms with E-state index in [2.05, 4.69) is 15.5 Å². The van der Waals surface area contributed by atoms with E-state index in [1.165, 1.54) is 0 Å². The molecule has 0 radical (unpaired) electrons. The first-order valence-electron chi connectivity index (χ1n) is 6.96. The minimum Gasteiger partial charge on any atom is -0.480 e. The Hall–Kier alpha value is -2.70. The minimum absolute atomic E-state index is 0.00440. The number of aromatic nitrogens is 2. The van der Waals surface area contributed by atoms with Crippen molar-refractivity contribution < 1.29 is 14.7 Å². The van der Waals surface area contributed by atoms with Crippen molar-refractivity contribution in [2.75, 3.05) is 0 Å². The standard InChI is InChI=1S/C15H17N3O4/c1-3-8(2)11(15(21)22)16-14(20)12-9-6-4-5-7-10(9)13(19)18-17-12/h4-8,11H,3H2,1-2H3,(H,16,20)(H,18,19)(H,21,22)/t8-,11+/m0/s1. The predicted octanol–water partition coefficient (Wildman–Crippen LogP) is 1.15. The van der Waals surface area contributed by atoms with Gasteiger partial charge in [-0.2, -0.15) is 5.10 Å². The Morgan fingerprint density at radius 3 is 2.55 bits per heavy atom. The number of carbonyl (C=O) groups excluding carboxylic acids is 1. The molecular weight excluding hydrogens is 286 g/mol. The maximum Gasteiger partial charge on any atom is 0.326 e. The molecule has 1 amide bonds. The predicted molar refractivity (Wildman–Crippen MR) is 80.7 cm³/mol. The fourth-order valence-corrected chi connectivity index (χ4v) is 2.18. The molecule has 0 bridgehead atoms. The van der Waals surface area contributed by atoms with Crippen molar-refractivity contribution in [1.82, 2.24) is 15.5 Å². The molecule has 1 aromatic carbocycles. The number of hydrogen-bond donors (Lipinski definition) is 3. The summed E-state index contributed by atoms with van der Waals surface area (Å²) in [6.45, 7) is 3.60. The van der Waals surface area contributed by atoms with Crippen LogP contribution in [0.1, 0.15) is 30.8 Å². The Labute approximate surface area is 126 Å². The van der Waals surface area contributed by atoms with Crippen molar-refractivity contribution in [3.8, 4) is 0 Å². The zero-order valence-corrected chi connectivity index (χ0v) is 12.3. The van der Waals surface area contributed by atoms with Crippen molar-refractivity contribution in [2.45, 2.75) is 26.3 Å². The molecule has 0 aliphatic carbocycles. The second-order valence-corrected chi connectivity index (χ2v) is 5.12. The number of aromatic amines is 1. The molecule has 22 heavy (non-hydrogen) atoms. The molecule has 0 aliphatic rings. The van der Waals surface area contributed by atoms with Crippen LogP contribution in [0.5, 0.6) is 0 Å². The van der Waals surface area contributed by atoms with Crippen LogP contribution in [-0.2, 0) is 4.79 Å². The molecular formula is C15H17N3O4. The van der Waals surface area contributed by atoms with Crippen LogP contribution in [0.4, 0.5) is 0 Å². The van der Waals surface area contributed by atoms with Gasteiger partial charge in [0, 0.05) is 5.39 Å². The maximum atomic E-state index is 12.3. The van der Waals surface area contributed by atoms with Crippen LogP contribution in [0.2, 0.25) is 0 Å². The zero-order valence-electron chi connectivity index (χ0n) is 12.3. The number of nitrogens with zero attached hydrogens (tertiary/aromatic N) is 1. The Kier molecular flexibility index (Phi) is 4.55. The third kappa shape index (κ3) is 2.98. The van der Waals surface area contributed by atoms with E-state index < -0.39 is 23.5 Å². The molecule has 7 heteroatoms. The zero-order chi connectivity index (χ0) is 16.3. The average Bonchev–Trinajstić information content (AvgIpc) is 2.52. The second-order valence-electron chi connectivity index (χ2n) is 5.12. The first kappa shape index (κ1) is 15.7. The number of fused-ring (bicyclic) bond motifs is 1. The van der Waals surface area contributed by atoms with E-state index in [0.29, 0.717) is 17.2 Å². The van der Waals surface area contributed by atoms with E-state index in [9.17, 15) is 19.5 Å². The van der Waals surface area contributed by atoms with Crippen molar-refractivity contribution in [3.05, 3.63) is 40.3 Å². The minimum atomic E-state index is -1.10. The Bertz CT molecular complexity index is 769. The normalized spacial score (nSPS) is 13.5. The third-order valence-corrected chi connectivity index (χ3v) is 3.68. The first-order valence-corrected chi connectivity index (χ1v) is 6.96.